The highest BCUT2D eigenvalue weighted by Crippen LogP contribution is 2.22. The van der Waals surface area contributed by atoms with Gasteiger partial charge in [0.2, 0.25) is 0 Å². The van der Waals surface area contributed by atoms with E-state index in [1.807, 2.05) is 56.6 Å². The Labute approximate surface area is 186 Å². The highest BCUT2D eigenvalue weighted by molar-refractivity contribution is 6.05. The lowest BCUT2D eigenvalue weighted by Gasteiger charge is -2.09. The van der Waals surface area contributed by atoms with Gasteiger partial charge in [0.25, 0.3) is 5.91 Å². The fraction of sp³-hybridized carbons (Fsp3) is 0.240. The van der Waals surface area contributed by atoms with Crippen molar-refractivity contribution >= 4 is 11.6 Å². The fourth-order valence-corrected chi connectivity index (χ4v) is 3.82. The molecule has 1 amide bonds. The molecule has 2 aromatic carbocycles. The van der Waals surface area contributed by atoms with E-state index in [9.17, 15) is 9.18 Å². The predicted molar refractivity (Wildman–Crippen MR) is 122 cm³/mol. The highest BCUT2D eigenvalue weighted by Gasteiger charge is 2.17. The van der Waals surface area contributed by atoms with Gasteiger partial charge in [-0.05, 0) is 57.5 Å². The summed E-state index contributed by atoms with van der Waals surface area (Å²) in [7, 11) is 0. The molecule has 2 aromatic heterocycles. The van der Waals surface area contributed by atoms with Gasteiger partial charge in [-0.3, -0.25) is 14.2 Å². The Morgan fingerprint density at radius 1 is 0.938 bits per heavy atom. The van der Waals surface area contributed by atoms with Crippen LogP contribution in [0, 0.1) is 33.5 Å². The molecule has 0 saturated carbocycles. The first kappa shape index (κ1) is 21.5. The monoisotopic (exact) mass is 431 g/mol. The van der Waals surface area contributed by atoms with Crippen LogP contribution in [0.1, 0.15) is 44.3 Å². The number of amides is 1. The number of rotatable bonds is 6. The smallest absolute Gasteiger partial charge is 0.255 e. The molecule has 0 bridgehead atoms. The van der Waals surface area contributed by atoms with Crippen LogP contribution in [0.2, 0.25) is 0 Å². The number of anilines is 1. The second-order valence-electron chi connectivity index (χ2n) is 8.03. The van der Waals surface area contributed by atoms with E-state index in [4.69, 9.17) is 0 Å². The number of nitrogens with one attached hydrogen (secondary N) is 1. The molecule has 1 N–H and O–H groups in total. The van der Waals surface area contributed by atoms with Crippen LogP contribution in [-0.2, 0) is 13.1 Å². The van der Waals surface area contributed by atoms with Crippen molar-refractivity contribution in [2.75, 3.05) is 5.32 Å². The van der Waals surface area contributed by atoms with Crippen LogP contribution in [-0.4, -0.2) is 25.5 Å². The number of benzene rings is 2. The van der Waals surface area contributed by atoms with Crippen molar-refractivity contribution in [3.05, 3.63) is 99.9 Å². The molecule has 0 radical (unpaired) electrons. The standard InChI is InChI=1S/C25H26FN5O/c1-16-12-17(2)30(28-16)14-20-8-7-10-21(13-20)25(32)27-24-18(3)29-31(19(24)4)15-22-9-5-6-11-23(22)26/h5-13H,14-15H2,1-4H3,(H,27,32). The quantitative estimate of drug-likeness (QED) is 0.477. The van der Waals surface area contributed by atoms with Gasteiger partial charge in [-0.1, -0.05) is 30.3 Å². The third-order valence-electron chi connectivity index (χ3n) is 5.52. The Morgan fingerprint density at radius 2 is 1.72 bits per heavy atom. The molecule has 0 atom stereocenters. The normalized spacial score (nSPS) is 11.0. The van der Waals surface area contributed by atoms with Crippen LogP contribution < -0.4 is 5.32 Å². The van der Waals surface area contributed by atoms with Gasteiger partial charge in [0.1, 0.15) is 5.82 Å². The Hall–Kier alpha value is -3.74. The fourth-order valence-electron chi connectivity index (χ4n) is 3.82. The molecule has 32 heavy (non-hydrogen) atoms. The Bertz CT molecular complexity index is 1290. The molecule has 0 spiro atoms. The van der Waals surface area contributed by atoms with E-state index in [0.29, 0.717) is 35.6 Å². The van der Waals surface area contributed by atoms with E-state index < -0.39 is 0 Å². The molecule has 0 saturated heterocycles. The molecular weight excluding hydrogens is 405 g/mol. The molecule has 7 heteroatoms. The zero-order chi connectivity index (χ0) is 22.8. The summed E-state index contributed by atoms with van der Waals surface area (Å²) in [4.78, 5) is 13.0. The molecule has 2 heterocycles. The minimum Gasteiger partial charge on any atom is -0.319 e. The maximum absolute atomic E-state index is 14.0. The molecule has 0 fully saturated rings. The molecule has 0 aliphatic rings. The minimum absolute atomic E-state index is 0.211. The summed E-state index contributed by atoms with van der Waals surface area (Å²) in [5.74, 6) is -0.484. The first-order chi connectivity index (χ1) is 15.3. The van der Waals surface area contributed by atoms with Crippen molar-refractivity contribution in [2.45, 2.75) is 40.8 Å². The van der Waals surface area contributed by atoms with Crippen LogP contribution in [0.15, 0.2) is 54.6 Å². The molecule has 4 aromatic rings. The number of hydrogen-bond acceptors (Lipinski definition) is 3. The number of halogens is 1. The molecule has 0 unspecified atom stereocenters. The zero-order valence-electron chi connectivity index (χ0n) is 18.7. The Morgan fingerprint density at radius 3 is 2.44 bits per heavy atom. The van der Waals surface area contributed by atoms with Crippen molar-refractivity contribution in [3.8, 4) is 0 Å². The maximum Gasteiger partial charge on any atom is 0.255 e. The van der Waals surface area contributed by atoms with Crippen molar-refractivity contribution in [2.24, 2.45) is 0 Å². The van der Waals surface area contributed by atoms with E-state index in [1.54, 1.807) is 28.9 Å². The SMILES string of the molecule is Cc1cc(C)n(Cc2cccc(C(=O)Nc3c(C)nn(Cc4ccccc4F)c3C)c2)n1. The van der Waals surface area contributed by atoms with Gasteiger partial charge >= 0.3 is 0 Å². The average molecular weight is 432 g/mol. The van der Waals surface area contributed by atoms with Crippen LogP contribution in [0.5, 0.6) is 0 Å². The van der Waals surface area contributed by atoms with Gasteiger partial charge < -0.3 is 5.32 Å². The highest BCUT2D eigenvalue weighted by atomic mass is 19.1. The summed E-state index contributed by atoms with van der Waals surface area (Å²) in [6, 6.07) is 16.2. The third-order valence-corrected chi connectivity index (χ3v) is 5.52. The van der Waals surface area contributed by atoms with Crippen molar-refractivity contribution < 1.29 is 9.18 Å². The van der Waals surface area contributed by atoms with Crippen LogP contribution >= 0.6 is 0 Å². The number of carbonyl (C=O) groups is 1. The molecule has 0 aliphatic heterocycles. The summed E-state index contributed by atoms with van der Waals surface area (Å²) in [6.07, 6.45) is 0. The van der Waals surface area contributed by atoms with Crippen LogP contribution in [0.4, 0.5) is 10.1 Å². The van der Waals surface area contributed by atoms with E-state index >= 15 is 0 Å². The van der Waals surface area contributed by atoms with Crippen molar-refractivity contribution in [3.63, 3.8) is 0 Å². The molecule has 0 aliphatic carbocycles. The number of hydrogen-bond donors (Lipinski definition) is 1. The topological polar surface area (TPSA) is 64.7 Å². The van der Waals surface area contributed by atoms with E-state index in [1.165, 1.54) is 6.07 Å². The molecule has 6 nitrogen and oxygen atoms in total. The van der Waals surface area contributed by atoms with Gasteiger partial charge in [-0.25, -0.2) is 4.39 Å². The summed E-state index contributed by atoms with van der Waals surface area (Å²) < 4.78 is 17.7. The van der Waals surface area contributed by atoms with Crippen molar-refractivity contribution in [1.29, 1.82) is 0 Å². The van der Waals surface area contributed by atoms with E-state index in [2.05, 4.69) is 15.5 Å². The van der Waals surface area contributed by atoms with Crippen LogP contribution in [0.3, 0.4) is 0 Å². The first-order valence-electron chi connectivity index (χ1n) is 10.5. The second-order valence-corrected chi connectivity index (χ2v) is 8.03. The lowest BCUT2D eigenvalue weighted by molar-refractivity contribution is 0.102. The number of nitrogens with zero attached hydrogens (tertiary/aromatic N) is 4. The lowest BCUT2D eigenvalue weighted by Crippen LogP contribution is -2.14. The average Bonchev–Trinajstić information content (AvgIpc) is 3.21. The number of aryl methyl sites for hydroxylation is 3. The summed E-state index contributed by atoms with van der Waals surface area (Å²) in [6.45, 7) is 8.58. The molecular formula is C25H26FN5O. The van der Waals surface area contributed by atoms with Gasteiger partial charge in [0.15, 0.2) is 0 Å². The van der Waals surface area contributed by atoms with Gasteiger partial charge in [0, 0.05) is 16.8 Å². The predicted octanol–water partition coefficient (Wildman–Crippen LogP) is 4.80. The number of aromatic nitrogens is 4. The molecule has 4 rings (SSSR count). The zero-order valence-corrected chi connectivity index (χ0v) is 18.7. The van der Waals surface area contributed by atoms with Gasteiger partial charge in [-0.2, -0.15) is 10.2 Å². The lowest BCUT2D eigenvalue weighted by atomic mass is 10.1. The molecule has 164 valence electrons. The van der Waals surface area contributed by atoms with Crippen LogP contribution in [0.25, 0.3) is 0 Å². The minimum atomic E-state index is -0.273. The van der Waals surface area contributed by atoms with Gasteiger partial charge in [-0.15, -0.1) is 0 Å². The summed E-state index contributed by atoms with van der Waals surface area (Å²) in [5, 5.41) is 12.0. The van der Waals surface area contributed by atoms with Gasteiger partial charge in [0.05, 0.1) is 35.9 Å². The number of carbonyl (C=O) groups excluding carboxylic acids is 1. The van der Waals surface area contributed by atoms with E-state index in [-0.39, 0.29) is 11.7 Å². The summed E-state index contributed by atoms with van der Waals surface area (Å²) >= 11 is 0. The van der Waals surface area contributed by atoms with Crippen molar-refractivity contribution in [1.82, 2.24) is 19.6 Å². The third kappa shape index (κ3) is 4.46. The first-order valence-corrected chi connectivity index (χ1v) is 10.5. The largest absolute Gasteiger partial charge is 0.319 e. The summed E-state index contributed by atoms with van der Waals surface area (Å²) in [5.41, 5.74) is 6.25. The second kappa shape index (κ2) is 8.78. The maximum atomic E-state index is 14.0. The Balaban J connectivity index is 1.52. The Kier molecular flexibility index (Phi) is 5.90. The van der Waals surface area contributed by atoms with E-state index in [0.717, 1.165) is 22.6 Å².